The van der Waals surface area contributed by atoms with Crippen molar-refractivity contribution in [3.8, 4) is 10.6 Å². The van der Waals surface area contributed by atoms with E-state index < -0.39 is 0 Å². The second-order valence-corrected chi connectivity index (χ2v) is 4.95. The van der Waals surface area contributed by atoms with E-state index in [0.717, 1.165) is 34.1 Å². The molecule has 0 unspecified atom stereocenters. The summed E-state index contributed by atoms with van der Waals surface area (Å²) in [5, 5.41) is 3.64. The van der Waals surface area contributed by atoms with Crippen molar-refractivity contribution in [2.24, 2.45) is 0 Å². The average molecular weight is 273 g/mol. The minimum atomic E-state index is -0.0982. The molecule has 5 heteroatoms. The maximum Gasteiger partial charge on any atom is 0.221 e. The summed E-state index contributed by atoms with van der Waals surface area (Å²) in [5.41, 5.74) is 2.79. The van der Waals surface area contributed by atoms with Gasteiger partial charge < -0.3 is 5.32 Å². The van der Waals surface area contributed by atoms with Crippen molar-refractivity contribution < 1.29 is 4.79 Å². The number of carbonyl (C=O) groups excluding carboxylic acids is 1. The Morgan fingerprint density at radius 1 is 1.53 bits per heavy atom. The number of allylic oxidation sites excluding steroid dienone is 1. The van der Waals surface area contributed by atoms with Gasteiger partial charge in [0, 0.05) is 12.5 Å². The molecule has 0 aliphatic carbocycles. The zero-order chi connectivity index (χ0) is 13.8. The summed E-state index contributed by atoms with van der Waals surface area (Å²) in [6, 6.07) is 5.89. The maximum atomic E-state index is 11.3. The number of hydrogen-bond acceptors (Lipinski definition) is 4. The van der Waals surface area contributed by atoms with Crippen molar-refractivity contribution in [3.63, 3.8) is 0 Å². The molecule has 2 aromatic rings. The molecule has 0 radical (unpaired) electrons. The van der Waals surface area contributed by atoms with Crippen LogP contribution in [0, 0.1) is 6.92 Å². The smallest absolute Gasteiger partial charge is 0.221 e. The number of amides is 1. The molecule has 1 aromatic carbocycles. The van der Waals surface area contributed by atoms with Crippen LogP contribution in [0.2, 0.25) is 0 Å². The first-order chi connectivity index (χ1) is 9.10. The SMILES string of the molecule is C=CCc1ccc(NC(C)=O)c(-c2nc(C)ns2)c1. The van der Waals surface area contributed by atoms with Crippen LogP contribution in [0.5, 0.6) is 0 Å². The van der Waals surface area contributed by atoms with Crippen LogP contribution in [0.15, 0.2) is 30.9 Å². The predicted molar refractivity (Wildman–Crippen MR) is 78.3 cm³/mol. The van der Waals surface area contributed by atoms with Crippen molar-refractivity contribution in [3.05, 3.63) is 42.2 Å². The Kier molecular flexibility index (Phi) is 4.06. The van der Waals surface area contributed by atoms with E-state index in [1.807, 2.05) is 31.2 Å². The van der Waals surface area contributed by atoms with Crippen molar-refractivity contribution >= 4 is 23.1 Å². The lowest BCUT2D eigenvalue weighted by molar-refractivity contribution is -0.114. The first kappa shape index (κ1) is 13.4. The predicted octanol–water partition coefficient (Wildman–Crippen LogP) is 3.20. The van der Waals surface area contributed by atoms with Crippen LogP contribution < -0.4 is 5.32 Å². The summed E-state index contributed by atoms with van der Waals surface area (Å²) in [4.78, 5) is 15.6. The summed E-state index contributed by atoms with van der Waals surface area (Å²) >= 11 is 1.33. The lowest BCUT2D eigenvalue weighted by Crippen LogP contribution is -2.07. The summed E-state index contributed by atoms with van der Waals surface area (Å²) in [7, 11) is 0. The minimum Gasteiger partial charge on any atom is -0.326 e. The normalized spacial score (nSPS) is 10.2. The zero-order valence-electron chi connectivity index (χ0n) is 10.9. The summed E-state index contributed by atoms with van der Waals surface area (Å²) in [5.74, 6) is 0.641. The van der Waals surface area contributed by atoms with Gasteiger partial charge in [-0.05, 0) is 42.6 Å². The zero-order valence-corrected chi connectivity index (χ0v) is 11.8. The Bertz CT molecular complexity index is 619. The molecule has 0 bridgehead atoms. The molecule has 19 heavy (non-hydrogen) atoms. The van der Waals surface area contributed by atoms with E-state index in [0.29, 0.717) is 0 Å². The fourth-order valence-electron chi connectivity index (χ4n) is 1.77. The van der Waals surface area contributed by atoms with Gasteiger partial charge in [-0.25, -0.2) is 4.98 Å². The molecule has 1 N–H and O–H groups in total. The van der Waals surface area contributed by atoms with Crippen LogP contribution in [-0.4, -0.2) is 15.3 Å². The molecule has 2 rings (SSSR count). The molecule has 0 saturated heterocycles. The van der Waals surface area contributed by atoms with E-state index in [-0.39, 0.29) is 5.91 Å². The molecule has 1 heterocycles. The number of nitrogens with one attached hydrogen (secondary N) is 1. The van der Waals surface area contributed by atoms with Gasteiger partial charge in [-0.15, -0.1) is 6.58 Å². The molecule has 0 aliphatic rings. The number of carbonyl (C=O) groups is 1. The van der Waals surface area contributed by atoms with Gasteiger partial charge in [-0.3, -0.25) is 4.79 Å². The third-order valence-corrected chi connectivity index (χ3v) is 3.37. The number of anilines is 1. The van der Waals surface area contributed by atoms with Crippen LogP contribution in [0.1, 0.15) is 18.3 Å². The minimum absolute atomic E-state index is 0.0982. The summed E-state index contributed by atoms with van der Waals surface area (Å²) < 4.78 is 4.19. The van der Waals surface area contributed by atoms with E-state index >= 15 is 0 Å². The molecule has 1 amide bonds. The van der Waals surface area contributed by atoms with Gasteiger partial charge in [-0.2, -0.15) is 4.37 Å². The van der Waals surface area contributed by atoms with Crippen molar-refractivity contribution in [2.45, 2.75) is 20.3 Å². The topological polar surface area (TPSA) is 54.9 Å². The maximum absolute atomic E-state index is 11.3. The first-order valence-corrected chi connectivity index (χ1v) is 6.69. The third-order valence-electron chi connectivity index (χ3n) is 2.53. The highest BCUT2D eigenvalue weighted by Crippen LogP contribution is 2.30. The van der Waals surface area contributed by atoms with Gasteiger partial charge in [0.2, 0.25) is 5.91 Å². The Morgan fingerprint density at radius 2 is 2.32 bits per heavy atom. The Morgan fingerprint density at radius 3 is 2.89 bits per heavy atom. The van der Waals surface area contributed by atoms with E-state index in [4.69, 9.17) is 0 Å². The fraction of sp³-hybridized carbons (Fsp3) is 0.214. The molecule has 0 fully saturated rings. The number of aryl methyl sites for hydroxylation is 1. The van der Waals surface area contributed by atoms with E-state index in [2.05, 4.69) is 21.3 Å². The molecular weight excluding hydrogens is 258 g/mol. The molecule has 98 valence electrons. The number of rotatable bonds is 4. The van der Waals surface area contributed by atoms with E-state index in [9.17, 15) is 4.79 Å². The molecule has 0 saturated carbocycles. The Hall–Kier alpha value is -2.01. The van der Waals surface area contributed by atoms with Crippen LogP contribution in [0.4, 0.5) is 5.69 Å². The van der Waals surface area contributed by atoms with Crippen molar-refractivity contribution in [1.82, 2.24) is 9.36 Å². The molecule has 0 spiro atoms. The van der Waals surface area contributed by atoms with Gasteiger partial charge in [0.25, 0.3) is 0 Å². The third kappa shape index (κ3) is 3.26. The average Bonchev–Trinajstić information content (AvgIpc) is 2.77. The monoisotopic (exact) mass is 273 g/mol. The van der Waals surface area contributed by atoms with Crippen LogP contribution in [-0.2, 0) is 11.2 Å². The molecule has 1 aromatic heterocycles. The lowest BCUT2D eigenvalue weighted by Gasteiger charge is -2.09. The van der Waals surface area contributed by atoms with E-state index in [1.54, 1.807) is 0 Å². The molecule has 4 nitrogen and oxygen atoms in total. The van der Waals surface area contributed by atoms with Crippen LogP contribution in [0.3, 0.4) is 0 Å². The fourth-order valence-corrected chi connectivity index (χ4v) is 2.47. The van der Waals surface area contributed by atoms with Crippen LogP contribution >= 0.6 is 11.5 Å². The highest BCUT2D eigenvalue weighted by molar-refractivity contribution is 7.09. The first-order valence-electron chi connectivity index (χ1n) is 5.92. The number of aromatic nitrogens is 2. The highest BCUT2D eigenvalue weighted by Gasteiger charge is 2.11. The van der Waals surface area contributed by atoms with Gasteiger partial charge in [0.15, 0.2) is 0 Å². The number of nitrogens with zero attached hydrogens (tertiary/aromatic N) is 2. The van der Waals surface area contributed by atoms with Crippen LogP contribution in [0.25, 0.3) is 10.6 Å². The summed E-state index contributed by atoms with van der Waals surface area (Å²) in [6.45, 7) is 7.08. The number of hydrogen-bond donors (Lipinski definition) is 1. The standard InChI is InChI=1S/C14H15N3OS/c1-4-5-11-6-7-13(16-10(3)18)12(8-11)14-15-9(2)17-19-14/h4,6-8H,1,5H2,2-3H3,(H,16,18). The van der Waals surface area contributed by atoms with Gasteiger partial charge in [-0.1, -0.05) is 12.1 Å². The molecule has 0 atom stereocenters. The quantitative estimate of drug-likeness (QED) is 0.870. The Balaban J connectivity index is 2.48. The molecular formula is C14H15N3OS. The van der Waals surface area contributed by atoms with Gasteiger partial charge >= 0.3 is 0 Å². The summed E-state index contributed by atoms with van der Waals surface area (Å²) in [6.07, 6.45) is 2.63. The second kappa shape index (κ2) is 5.75. The van der Waals surface area contributed by atoms with Crippen molar-refractivity contribution in [1.29, 1.82) is 0 Å². The largest absolute Gasteiger partial charge is 0.326 e. The lowest BCUT2D eigenvalue weighted by atomic mass is 10.1. The van der Waals surface area contributed by atoms with E-state index in [1.165, 1.54) is 18.5 Å². The highest BCUT2D eigenvalue weighted by atomic mass is 32.1. The van der Waals surface area contributed by atoms with Gasteiger partial charge in [0.1, 0.15) is 10.8 Å². The molecule has 0 aliphatic heterocycles. The second-order valence-electron chi connectivity index (χ2n) is 4.20. The number of benzene rings is 1. The van der Waals surface area contributed by atoms with Crippen molar-refractivity contribution in [2.75, 3.05) is 5.32 Å². The van der Waals surface area contributed by atoms with Gasteiger partial charge in [0.05, 0.1) is 5.69 Å². The Labute approximate surface area is 116 Å².